The van der Waals surface area contributed by atoms with Crippen molar-refractivity contribution >= 4 is 16.9 Å². The third-order valence-corrected chi connectivity index (χ3v) is 5.48. The molecule has 0 saturated heterocycles. The summed E-state index contributed by atoms with van der Waals surface area (Å²) in [6.07, 6.45) is -4.40. The van der Waals surface area contributed by atoms with E-state index in [1.807, 2.05) is 13.0 Å². The summed E-state index contributed by atoms with van der Waals surface area (Å²) in [7, 11) is 3.25. The van der Waals surface area contributed by atoms with Crippen molar-refractivity contribution in [1.29, 1.82) is 5.26 Å². The van der Waals surface area contributed by atoms with Crippen molar-refractivity contribution in [3.05, 3.63) is 52.2 Å². The molecule has 0 aliphatic carbocycles. The molecule has 1 aromatic carbocycles. The second kappa shape index (κ2) is 9.48. The minimum Gasteiger partial charge on any atom is -0.479 e. The topological polar surface area (TPSA) is 84.0 Å². The fourth-order valence-electron chi connectivity index (χ4n) is 3.85. The van der Waals surface area contributed by atoms with Gasteiger partial charge in [-0.05, 0) is 49.1 Å². The minimum atomic E-state index is -4.53. The Kier molecular flexibility index (Phi) is 6.91. The molecule has 2 aromatic heterocycles. The van der Waals surface area contributed by atoms with Crippen molar-refractivity contribution in [1.82, 2.24) is 19.7 Å². The third kappa shape index (κ3) is 5.42. The lowest BCUT2D eigenvalue weighted by atomic mass is 9.99. The highest BCUT2D eigenvalue weighted by atomic mass is 19.4. The zero-order chi connectivity index (χ0) is 24.3. The van der Waals surface area contributed by atoms with Crippen LogP contribution in [0.4, 0.5) is 13.2 Å². The minimum absolute atomic E-state index is 0.107. The number of nitriles is 1. The summed E-state index contributed by atoms with van der Waals surface area (Å²) < 4.78 is 46.4. The maximum Gasteiger partial charge on any atom is 0.406 e. The summed E-state index contributed by atoms with van der Waals surface area (Å²) >= 11 is 0. The van der Waals surface area contributed by atoms with Gasteiger partial charge in [-0.25, -0.2) is 9.67 Å². The number of aryl methyl sites for hydroxylation is 3. The van der Waals surface area contributed by atoms with Gasteiger partial charge in [0.1, 0.15) is 6.54 Å². The zero-order valence-corrected chi connectivity index (χ0v) is 18.8. The Labute approximate surface area is 189 Å². The van der Waals surface area contributed by atoms with Crippen LogP contribution in [0.25, 0.3) is 11.0 Å². The summed E-state index contributed by atoms with van der Waals surface area (Å²) in [6, 6.07) is 8.09. The molecule has 0 aliphatic heterocycles. The summed E-state index contributed by atoms with van der Waals surface area (Å²) in [6.45, 7) is 2.12. The van der Waals surface area contributed by atoms with Gasteiger partial charge in [0.05, 0.1) is 24.1 Å². The number of benzene rings is 1. The highest BCUT2D eigenvalue weighted by Crippen LogP contribution is 2.30. The fraction of sp³-hybridized carbons (Fsp3) is 0.391. The number of fused-ring (bicyclic) bond motifs is 1. The maximum absolute atomic E-state index is 13.2. The molecule has 0 aliphatic rings. The number of nitrogens with zero attached hydrogens (tertiary/aromatic N) is 5. The molecule has 0 N–H and O–H groups in total. The SMILES string of the molecule is COc1nn(C)c2nc(C)c(CCC(=O)N(Cc3ccc(C#N)cc3)CC(F)(F)F)c(C)c12. The van der Waals surface area contributed by atoms with Crippen molar-refractivity contribution in [2.75, 3.05) is 13.7 Å². The number of alkyl halides is 3. The molecule has 33 heavy (non-hydrogen) atoms. The Morgan fingerprint density at radius 1 is 1.24 bits per heavy atom. The lowest BCUT2D eigenvalue weighted by Gasteiger charge is -2.24. The molecule has 10 heteroatoms. The third-order valence-electron chi connectivity index (χ3n) is 5.48. The van der Waals surface area contributed by atoms with E-state index in [-0.39, 0.29) is 19.4 Å². The maximum atomic E-state index is 13.2. The van der Waals surface area contributed by atoms with Gasteiger partial charge in [0.2, 0.25) is 11.8 Å². The van der Waals surface area contributed by atoms with E-state index in [4.69, 9.17) is 10.00 Å². The Bertz CT molecular complexity index is 1210. The quantitative estimate of drug-likeness (QED) is 0.534. The van der Waals surface area contributed by atoms with E-state index in [0.717, 1.165) is 21.4 Å². The fourth-order valence-corrected chi connectivity index (χ4v) is 3.85. The zero-order valence-electron chi connectivity index (χ0n) is 18.8. The van der Waals surface area contributed by atoms with E-state index in [0.29, 0.717) is 28.3 Å². The lowest BCUT2D eigenvalue weighted by molar-refractivity contribution is -0.162. The molecule has 174 valence electrons. The van der Waals surface area contributed by atoms with Gasteiger partial charge in [-0.15, -0.1) is 5.10 Å². The van der Waals surface area contributed by atoms with E-state index in [1.165, 1.54) is 19.2 Å². The van der Waals surface area contributed by atoms with Crippen LogP contribution in [0.15, 0.2) is 24.3 Å². The number of methoxy groups -OCH3 is 1. The average molecular weight is 459 g/mol. The number of rotatable bonds is 7. The van der Waals surface area contributed by atoms with Gasteiger partial charge >= 0.3 is 6.18 Å². The normalized spacial score (nSPS) is 11.5. The molecule has 0 saturated carbocycles. The lowest BCUT2D eigenvalue weighted by Crippen LogP contribution is -2.38. The summed E-state index contributed by atoms with van der Waals surface area (Å²) in [5.74, 6) is -0.210. The van der Waals surface area contributed by atoms with Crippen LogP contribution in [0, 0.1) is 25.2 Å². The van der Waals surface area contributed by atoms with Crippen molar-refractivity contribution in [2.24, 2.45) is 7.05 Å². The van der Waals surface area contributed by atoms with Gasteiger partial charge in [0, 0.05) is 25.7 Å². The summed E-state index contributed by atoms with van der Waals surface area (Å²) in [4.78, 5) is 18.2. The number of pyridine rings is 1. The van der Waals surface area contributed by atoms with Crippen LogP contribution in [0.3, 0.4) is 0 Å². The van der Waals surface area contributed by atoms with Crippen LogP contribution < -0.4 is 4.74 Å². The molecular formula is C23H24F3N5O2. The Balaban J connectivity index is 1.83. The summed E-state index contributed by atoms with van der Waals surface area (Å²) in [5.41, 5.74) is 3.86. The second-order valence-electron chi connectivity index (χ2n) is 7.81. The van der Waals surface area contributed by atoms with Gasteiger partial charge < -0.3 is 9.64 Å². The number of carbonyl (C=O) groups excluding carboxylic acids is 1. The number of amides is 1. The second-order valence-corrected chi connectivity index (χ2v) is 7.81. The average Bonchev–Trinajstić information content (AvgIpc) is 3.08. The standard InChI is InChI=1S/C23H24F3N5O2/c1-14-18(15(2)28-21-20(14)22(33-4)29-30(21)3)9-10-19(32)31(13-23(24,25)26)12-17-7-5-16(11-27)6-8-17/h5-8H,9-10,12-13H2,1-4H3. The summed E-state index contributed by atoms with van der Waals surface area (Å²) in [5, 5.41) is 13.9. The van der Waals surface area contributed by atoms with Crippen LogP contribution in [-0.4, -0.2) is 45.4 Å². The number of carbonyl (C=O) groups is 1. The van der Waals surface area contributed by atoms with Crippen molar-refractivity contribution in [2.45, 2.75) is 39.4 Å². The van der Waals surface area contributed by atoms with Crippen molar-refractivity contribution < 1.29 is 22.7 Å². The van der Waals surface area contributed by atoms with Gasteiger partial charge in [-0.2, -0.15) is 18.4 Å². The molecule has 0 fully saturated rings. The predicted molar refractivity (Wildman–Crippen MR) is 115 cm³/mol. The molecule has 0 bridgehead atoms. The molecule has 0 unspecified atom stereocenters. The van der Waals surface area contributed by atoms with Crippen LogP contribution in [0.1, 0.15) is 34.4 Å². The van der Waals surface area contributed by atoms with E-state index in [2.05, 4.69) is 10.1 Å². The first-order chi connectivity index (χ1) is 15.5. The van der Waals surface area contributed by atoms with Crippen LogP contribution in [-0.2, 0) is 24.8 Å². The number of hydrogen-bond acceptors (Lipinski definition) is 5. The number of ether oxygens (including phenoxy) is 1. The number of hydrogen-bond donors (Lipinski definition) is 0. The Hall–Kier alpha value is -3.61. The van der Waals surface area contributed by atoms with E-state index < -0.39 is 18.6 Å². The Morgan fingerprint density at radius 3 is 2.48 bits per heavy atom. The van der Waals surface area contributed by atoms with E-state index in [9.17, 15) is 18.0 Å². The molecule has 3 aromatic rings. The highest BCUT2D eigenvalue weighted by Gasteiger charge is 2.33. The van der Waals surface area contributed by atoms with Crippen LogP contribution in [0.5, 0.6) is 5.88 Å². The molecule has 1 amide bonds. The molecule has 0 atom stereocenters. The molecule has 3 rings (SSSR count). The molecule has 7 nitrogen and oxygen atoms in total. The molecule has 0 spiro atoms. The predicted octanol–water partition coefficient (Wildman–Crippen LogP) is 3.99. The van der Waals surface area contributed by atoms with Crippen molar-refractivity contribution in [3.8, 4) is 11.9 Å². The molecular weight excluding hydrogens is 435 g/mol. The van der Waals surface area contributed by atoms with E-state index in [1.54, 1.807) is 30.8 Å². The van der Waals surface area contributed by atoms with E-state index >= 15 is 0 Å². The number of aromatic nitrogens is 3. The van der Waals surface area contributed by atoms with Gasteiger partial charge in [0.15, 0.2) is 5.65 Å². The van der Waals surface area contributed by atoms with Gasteiger partial charge in [0.25, 0.3) is 0 Å². The van der Waals surface area contributed by atoms with Crippen LogP contribution >= 0.6 is 0 Å². The van der Waals surface area contributed by atoms with Crippen molar-refractivity contribution in [3.63, 3.8) is 0 Å². The first-order valence-corrected chi connectivity index (χ1v) is 10.2. The Morgan fingerprint density at radius 2 is 1.91 bits per heavy atom. The molecule has 0 radical (unpaired) electrons. The number of halogens is 3. The molecule has 2 heterocycles. The van der Waals surface area contributed by atoms with Gasteiger partial charge in [-0.1, -0.05) is 12.1 Å². The highest BCUT2D eigenvalue weighted by molar-refractivity contribution is 5.86. The smallest absolute Gasteiger partial charge is 0.406 e. The first kappa shape index (κ1) is 24.0. The monoisotopic (exact) mass is 459 g/mol. The first-order valence-electron chi connectivity index (χ1n) is 10.2. The largest absolute Gasteiger partial charge is 0.479 e. The van der Waals surface area contributed by atoms with Gasteiger partial charge in [-0.3, -0.25) is 4.79 Å². The van der Waals surface area contributed by atoms with Crippen LogP contribution in [0.2, 0.25) is 0 Å².